The highest BCUT2D eigenvalue weighted by molar-refractivity contribution is 5.79. The molecule has 3 aliphatic rings. The van der Waals surface area contributed by atoms with Gasteiger partial charge < -0.3 is 24.1 Å². The maximum Gasteiger partial charge on any atom is 0.310 e. The van der Waals surface area contributed by atoms with Gasteiger partial charge in [-0.05, 0) is 52.9 Å². The minimum Gasteiger partial charge on any atom is -0.504 e. The normalized spacial score (nSPS) is 25.7. The van der Waals surface area contributed by atoms with E-state index in [9.17, 15) is 15.4 Å². The average Bonchev–Trinajstić information content (AvgIpc) is 3.35. The van der Waals surface area contributed by atoms with Crippen LogP contribution < -0.4 is 14.2 Å². The van der Waals surface area contributed by atoms with Crippen molar-refractivity contribution in [1.82, 2.24) is 0 Å². The molecule has 4 atom stereocenters. The summed E-state index contributed by atoms with van der Waals surface area (Å²) in [5, 5.41) is 14.3. The Balaban J connectivity index is 1.78. The number of azide groups is 1. The van der Waals surface area contributed by atoms with Crippen molar-refractivity contribution in [3.8, 4) is 23.0 Å². The zero-order valence-electron chi connectivity index (χ0n) is 16.4. The molecule has 9 nitrogen and oxygen atoms in total. The number of phenols is 1. The van der Waals surface area contributed by atoms with E-state index in [-0.39, 0.29) is 37.0 Å². The van der Waals surface area contributed by atoms with Gasteiger partial charge >= 0.3 is 5.97 Å². The predicted octanol–water partition coefficient (Wildman–Crippen LogP) is 3.72. The largest absolute Gasteiger partial charge is 0.504 e. The molecular formula is C21H19N3O6. The molecule has 2 aromatic carbocycles. The van der Waals surface area contributed by atoms with Crippen molar-refractivity contribution in [2.45, 2.75) is 18.9 Å². The fourth-order valence-corrected chi connectivity index (χ4v) is 4.85. The van der Waals surface area contributed by atoms with Crippen LogP contribution in [0.4, 0.5) is 0 Å². The van der Waals surface area contributed by atoms with E-state index in [1.54, 1.807) is 13.0 Å². The summed E-state index contributed by atoms with van der Waals surface area (Å²) in [4.78, 5) is 15.8. The van der Waals surface area contributed by atoms with E-state index in [0.717, 1.165) is 16.7 Å². The monoisotopic (exact) mass is 409 g/mol. The van der Waals surface area contributed by atoms with Crippen LogP contribution in [-0.4, -0.2) is 31.6 Å². The standard InChI is InChI=1S/C21H19N3O6/c1-9-3-10(4-16(27-2)20(9)25)17-11-5-14-15(30-8-29-14)6-12(11)19(23-24-22)13-7-28-21(26)18(13)17/h3-6,13,17-19,25H,7-8H2,1-2H3/t13-,17?,18?,19?/m0/s1. The summed E-state index contributed by atoms with van der Waals surface area (Å²) in [6.07, 6.45) is 0. The Morgan fingerprint density at radius 3 is 2.60 bits per heavy atom. The van der Waals surface area contributed by atoms with Crippen LogP contribution in [0.1, 0.15) is 34.2 Å². The van der Waals surface area contributed by atoms with Crippen LogP contribution in [0.5, 0.6) is 23.0 Å². The van der Waals surface area contributed by atoms with E-state index < -0.39 is 12.0 Å². The number of ether oxygens (including phenoxy) is 4. The second-order valence-electron chi connectivity index (χ2n) is 7.67. The topological polar surface area (TPSA) is 123 Å². The molecule has 2 aliphatic heterocycles. The molecule has 2 heterocycles. The first-order valence-electron chi connectivity index (χ1n) is 9.55. The highest BCUT2D eigenvalue weighted by Crippen LogP contribution is 2.56. The molecule has 3 unspecified atom stereocenters. The van der Waals surface area contributed by atoms with Crippen LogP contribution in [0.3, 0.4) is 0 Å². The molecule has 1 fully saturated rings. The number of phenolic OH excluding ortho intramolecular Hbond substituents is 1. The first-order chi connectivity index (χ1) is 14.5. The molecule has 1 aliphatic carbocycles. The number of cyclic esters (lactones) is 1. The van der Waals surface area contributed by atoms with Gasteiger partial charge in [0.05, 0.1) is 25.7 Å². The summed E-state index contributed by atoms with van der Waals surface area (Å²) in [5.74, 6) is -0.0373. The Morgan fingerprint density at radius 2 is 1.90 bits per heavy atom. The number of carbonyl (C=O) groups excluding carboxylic acids is 1. The van der Waals surface area contributed by atoms with E-state index in [0.29, 0.717) is 22.8 Å². The van der Waals surface area contributed by atoms with Gasteiger partial charge in [-0.15, -0.1) is 0 Å². The number of esters is 1. The van der Waals surface area contributed by atoms with Crippen molar-refractivity contribution in [3.63, 3.8) is 0 Å². The summed E-state index contributed by atoms with van der Waals surface area (Å²) in [7, 11) is 1.48. The second kappa shape index (κ2) is 6.74. The van der Waals surface area contributed by atoms with Crippen LogP contribution in [0.2, 0.25) is 0 Å². The number of nitrogens with zero attached hydrogens (tertiary/aromatic N) is 3. The number of rotatable bonds is 3. The SMILES string of the molecule is COc1cc(C2c3cc4c(cc3C(N=[N+]=[N-])[C@H]3COC(=O)C23)OCO4)cc(C)c1O. The third kappa shape index (κ3) is 2.55. The number of aromatic hydroxyl groups is 1. The lowest BCUT2D eigenvalue weighted by atomic mass is 9.65. The number of hydrogen-bond acceptors (Lipinski definition) is 7. The van der Waals surface area contributed by atoms with Crippen molar-refractivity contribution in [1.29, 1.82) is 0 Å². The molecule has 0 saturated carbocycles. The molecule has 0 bridgehead atoms. The Labute approximate surface area is 171 Å². The summed E-state index contributed by atoms with van der Waals surface area (Å²) in [6, 6.07) is 6.68. The Morgan fingerprint density at radius 1 is 1.17 bits per heavy atom. The zero-order valence-corrected chi connectivity index (χ0v) is 16.4. The number of carbonyl (C=O) groups is 1. The highest BCUT2D eigenvalue weighted by Gasteiger charge is 2.52. The maximum atomic E-state index is 12.8. The highest BCUT2D eigenvalue weighted by atomic mass is 16.7. The van der Waals surface area contributed by atoms with Crippen molar-refractivity contribution in [2.75, 3.05) is 20.5 Å². The average molecular weight is 409 g/mol. The lowest BCUT2D eigenvalue weighted by Crippen LogP contribution is -2.34. The van der Waals surface area contributed by atoms with Crippen molar-refractivity contribution < 1.29 is 28.8 Å². The van der Waals surface area contributed by atoms with Crippen LogP contribution in [0.15, 0.2) is 29.4 Å². The lowest BCUT2D eigenvalue weighted by molar-refractivity contribution is -0.141. The van der Waals surface area contributed by atoms with Gasteiger partial charge in [-0.25, -0.2) is 0 Å². The number of benzene rings is 2. The summed E-state index contributed by atoms with van der Waals surface area (Å²) in [6.45, 7) is 2.06. The van der Waals surface area contributed by atoms with Crippen LogP contribution in [0.25, 0.3) is 10.4 Å². The van der Waals surface area contributed by atoms with Gasteiger partial charge in [-0.3, -0.25) is 4.79 Å². The molecule has 0 radical (unpaired) electrons. The molecule has 154 valence electrons. The molecule has 9 heteroatoms. The third-order valence-corrected chi connectivity index (χ3v) is 6.19. The van der Waals surface area contributed by atoms with E-state index >= 15 is 0 Å². The number of methoxy groups -OCH3 is 1. The molecule has 0 spiro atoms. The fraction of sp³-hybridized carbons (Fsp3) is 0.381. The first-order valence-corrected chi connectivity index (χ1v) is 9.55. The van der Waals surface area contributed by atoms with Crippen molar-refractivity contribution in [2.24, 2.45) is 17.0 Å². The third-order valence-electron chi connectivity index (χ3n) is 6.19. The molecule has 1 N–H and O–H groups in total. The van der Waals surface area contributed by atoms with Gasteiger partial charge in [0.2, 0.25) is 6.79 Å². The number of aryl methyl sites for hydroxylation is 1. The van der Waals surface area contributed by atoms with Gasteiger partial charge in [-0.1, -0.05) is 11.2 Å². The molecular weight excluding hydrogens is 390 g/mol. The Kier molecular flexibility index (Phi) is 4.15. The molecule has 5 rings (SSSR count). The van der Waals surface area contributed by atoms with Gasteiger partial charge in [0.1, 0.15) is 0 Å². The second-order valence-corrected chi connectivity index (χ2v) is 7.67. The zero-order chi connectivity index (χ0) is 21.0. The van der Waals surface area contributed by atoms with E-state index in [1.807, 2.05) is 18.2 Å². The van der Waals surface area contributed by atoms with E-state index in [2.05, 4.69) is 10.0 Å². The predicted molar refractivity (Wildman–Crippen MR) is 104 cm³/mol. The summed E-state index contributed by atoms with van der Waals surface area (Å²) >= 11 is 0. The van der Waals surface area contributed by atoms with E-state index in [1.165, 1.54) is 7.11 Å². The van der Waals surface area contributed by atoms with Crippen molar-refractivity contribution in [3.05, 3.63) is 57.0 Å². The van der Waals surface area contributed by atoms with Crippen LogP contribution in [0, 0.1) is 18.8 Å². The summed E-state index contributed by atoms with van der Waals surface area (Å²) in [5.41, 5.74) is 12.2. The van der Waals surface area contributed by atoms with Gasteiger partial charge in [0, 0.05) is 16.7 Å². The quantitative estimate of drug-likeness (QED) is 0.357. The molecule has 1 saturated heterocycles. The summed E-state index contributed by atoms with van der Waals surface area (Å²) < 4.78 is 21.8. The molecule has 30 heavy (non-hydrogen) atoms. The van der Waals surface area contributed by atoms with Gasteiger partial charge in [0.15, 0.2) is 23.0 Å². The smallest absolute Gasteiger partial charge is 0.310 e. The maximum absolute atomic E-state index is 12.8. The minimum absolute atomic E-state index is 0.0560. The Bertz CT molecular complexity index is 1110. The van der Waals surface area contributed by atoms with Gasteiger partial charge in [-0.2, -0.15) is 0 Å². The number of fused-ring (bicyclic) bond motifs is 3. The van der Waals surface area contributed by atoms with Crippen molar-refractivity contribution >= 4 is 5.97 Å². The van der Waals surface area contributed by atoms with E-state index in [4.69, 9.17) is 18.9 Å². The fourth-order valence-electron chi connectivity index (χ4n) is 4.85. The van der Waals surface area contributed by atoms with Crippen LogP contribution in [-0.2, 0) is 9.53 Å². The molecule has 0 amide bonds. The van der Waals surface area contributed by atoms with Gasteiger partial charge in [0.25, 0.3) is 0 Å². The molecule has 0 aromatic heterocycles. The Hall–Kier alpha value is -3.58. The van der Waals surface area contributed by atoms with Crippen LogP contribution >= 0.6 is 0 Å². The lowest BCUT2D eigenvalue weighted by Gasteiger charge is -2.37. The number of hydrogen-bond donors (Lipinski definition) is 1. The minimum atomic E-state index is -0.563. The first kappa shape index (κ1) is 18.4. The molecule has 2 aromatic rings.